The fraction of sp³-hybridized carbons (Fsp3) is 0.529. The number of nitrogens with one attached hydrogen (secondary N) is 2. The number of hydrogen-bond acceptors (Lipinski definition) is 3. The fourth-order valence-corrected chi connectivity index (χ4v) is 1.95. The van der Waals surface area contributed by atoms with Crippen molar-refractivity contribution in [2.75, 3.05) is 26.8 Å². The first-order valence-electron chi connectivity index (χ1n) is 7.58. The van der Waals surface area contributed by atoms with Gasteiger partial charge in [-0.2, -0.15) is 0 Å². The SMILES string of the molecule is COCCNC(=O)C(C)(C)C(=O)NCCCc1ccccc1. The third kappa shape index (κ3) is 5.85. The van der Waals surface area contributed by atoms with E-state index >= 15 is 0 Å². The van der Waals surface area contributed by atoms with Crippen LogP contribution in [0, 0.1) is 5.41 Å². The van der Waals surface area contributed by atoms with E-state index in [1.807, 2.05) is 18.2 Å². The van der Waals surface area contributed by atoms with Crippen LogP contribution in [0.2, 0.25) is 0 Å². The minimum absolute atomic E-state index is 0.254. The van der Waals surface area contributed by atoms with Gasteiger partial charge in [-0.3, -0.25) is 9.59 Å². The van der Waals surface area contributed by atoms with Crippen LogP contribution in [0.5, 0.6) is 0 Å². The molecule has 2 N–H and O–H groups in total. The Morgan fingerprint density at radius 2 is 1.64 bits per heavy atom. The second kappa shape index (κ2) is 9.20. The van der Waals surface area contributed by atoms with Gasteiger partial charge in [0.05, 0.1) is 6.61 Å². The molecule has 0 spiro atoms. The van der Waals surface area contributed by atoms with Crippen molar-refractivity contribution in [3.05, 3.63) is 35.9 Å². The summed E-state index contributed by atoms with van der Waals surface area (Å²) in [6.45, 7) is 4.65. The van der Waals surface area contributed by atoms with E-state index in [0.717, 1.165) is 12.8 Å². The lowest BCUT2D eigenvalue weighted by molar-refractivity contribution is -0.141. The monoisotopic (exact) mass is 306 g/mol. The van der Waals surface area contributed by atoms with Gasteiger partial charge in [0, 0.05) is 20.2 Å². The van der Waals surface area contributed by atoms with Crippen molar-refractivity contribution in [2.24, 2.45) is 5.41 Å². The second-order valence-corrected chi connectivity index (χ2v) is 5.72. The van der Waals surface area contributed by atoms with Crippen LogP contribution in [-0.2, 0) is 20.7 Å². The second-order valence-electron chi connectivity index (χ2n) is 5.72. The maximum absolute atomic E-state index is 12.1. The van der Waals surface area contributed by atoms with Gasteiger partial charge in [-0.1, -0.05) is 30.3 Å². The van der Waals surface area contributed by atoms with E-state index in [9.17, 15) is 9.59 Å². The lowest BCUT2D eigenvalue weighted by atomic mass is 9.91. The van der Waals surface area contributed by atoms with Crippen LogP contribution in [0.3, 0.4) is 0 Å². The zero-order chi connectivity index (χ0) is 16.4. The lowest BCUT2D eigenvalue weighted by Gasteiger charge is -2.22. The predicted molar refractivity (Wildman–Crippen MR) is 86.4 cm³/mol. The van der Waals surface area contributed by atoms with E-state index < -0.39 is 5.41 Å². The number of carbonyl (C=O) groups excluding carboxylic acids is 2. The number of carbonyl (C=O) groups is 2. The summed E-state index contributed by atoms with van der Waals surface area (Å²) in [5.74, 6) is -0.541. The van der Waals surface area contributed by atoms with Gasteiger partial charge in [0.1, 0.15) is 5.41 Å². The Kier molecular flexibility index (Phi) is 7.60. The summed E-state index contributed by atoms with van der Waals surface area (Å²) in [6, 6.07) is 10.1. The Bertz CT molecular complexity index is 472. The molecule has 22 heavy (non-hydrogen) atoms. The molecule has 0 fully saturated rings. The van der Waals surface area contributed by atoms with Gasteiger partial charge in [-0.15, -0.1) is 0 Å². The highest BCUT2D eigenvalue weighted by molar-refractivity contribution is 6.04. The Morgan fingerprint density at radius 3 is 2.23 bits per heavy atom. The highest BCUT2D eigenvalue weighted by atomic mass is 16.5. The van der Waals surface area contributed by atoms with E-state index in [1.165, 1.54) is 5.56 Å². The molecule has 0 bridgehead atoms. The molecule has 0 heterocycles. The number of ether oxygens (including phenoxy) is 1. The third-order valence-electron chi connectivity index (χ3n) is 3.50. The molecular formula is C17H26N2O3. The predicted octanol–water partition coefficient (Wildman–Crippen LogP) is 1.52. The molecular weight excluding hydrogens is 280 g/mol. The normalized spacial score (nSPS) is 11.0. The molecule has 0 aliphatic carbocycles. The number of rotatable bonds is 9. The first-order chi connectivity index (χ1) is 10.5. The number of hydrogen-bond donors (Lipinski definition) is 2. The van der Waals surface area contributed by atoms with Crippen LogP contribution in [0.1, 0.15) is 25.8 Å². The van der Waals surface area contributed by atoms with E-state index in [0.29, 0.717) is 19.7 Å². The molecule has 0 atom stereocenters. The topological polar surface area (TPSA) is 67.4 Å². The molecule has 0 radical (unpaired) electrons. The molecule has 5 nitrogen and oxygen atoms in total. The van der Waals surface area contributed by atoms with Crippen LogP contribution in [0.25, 0.3) is 0 Å². The van der Waals surface area contributed by atoms with Gasteiger partial charge in [0.25, 0.3) is 0 Å². The fourth-order valence-electron chi connectivity index (χ4n) is 1.95. The minimum Gasteiger partial charge on any atom is -0.383 e. The average molecular weight is 306 g/mol. The first kappa shape index (κ1) is 18.2. The summed E-state index contributed by atoms with van der Waals surface area (Å²) in [5.41, 5.74) is 0.161. The molecule has 0 aliphatic heterocycles. The lowest BCUT2D eigenvalue weighted by Crippen LogP contribution is -2.48. The van der Waals surface area contributed by atoms with Crippen molar-refractivity contribution in [3.63, 3.8) is 0 Å². The summed E-state index contributed by atoms with van der Waals surface area (Å²) < 4.78 is 4.87. The van der Waals surface area contributed by atoms with Crippen molar-refractivity contribution in [1.29, 1.82) is 0 Å². The molecule has 1 aromatic carbocycles. The number of aryl methyl sites for hydroxylation is 1. The highest BCUT2D eigenvalue weighted by Crippen LogP contribution is 2.15. The van der Waals surface area contributed by atoms with Crippen molar-refractivity contribution >= 4 is 11.8 Å². The Hall–Kier alpha value is -1.88. The van der Waals surface area contributed by atoms with E-state index in [-0.39, 0.29) is 11.8 Å². The Morgan fingerprint density at radius 1 is 1.05 bits per heavy atom. The quantitative estimate of drug-likeness (QED) is 0.537. The highest BCUT2D eigenvalue weighted by Gasteiger charge is 2.35. The molecule has 0 aromatic heterocycles. The van der Waals surface area contributed by atoms with Gasteiger partial charge in [-0.25, -0.2) is 0 Å². The number of benzene rings is 1. The smallest absolute Gasteiger partial charge is 0.235 e. The maximum Gasteiger partial charge on any atom is 0.235 e. The standard InChI is InChI=1S/C17H26N2O3/c1-17(2,16(21)19-12-13-22-3)15(20)18-11-7-10-14-8-5-4-6-9-14/h4-6,8-9H,7,10-13H2,1-3H3,(H,18,20)(H,19,21). The van der Waals surface area contributed by atoms with Gasteiger partial charge in [0.15, 0.2) is 0 Å². The van der Waals surface area contributed by atoms with E-state index in [4.69, 9.17) is 4.74 Å². The van der Waals surface area contributed by atoms with Crippen LogP contribution in [-0.4, -0.2) is 38.6 Å². The largest absolute Gasteiger partial charge is 0.383 e. The van der Waals surface area contributed by atoms with Crippen LogP contribution in [0.15, 0.2) is 30.3 Å². The molecule has 5 heteroatoms. The van der Waals surface area contributed by atoms with Crippen molar-refractivity contribution in [2.45, 2.75) is 26.7 Å². The minimum atomic E-state index is -1.08. The van der Waals surface area contributed by atoms with Crippen LogP contribution in [0.4, 0.5) is 0 Å². The molecule has 1 rings (SSSR count). The molecule has 0 saturated carbocycles. The van der Waals surface area contributed by atoms with Crippen molar-refractivity contribution < 1.29 is 14.3 Å². The van der Waals surface area contributed by atoms with Gasteiger partial charge in [-0.05, 0) is 32.3 Å². The third-order valence-corrected chi connectivity index (χ3v) is 3.50. The molecule has 1 aromatic rings. The van der Waals surface area contributed by atoms with Crippen LogP contribution >= 0.6 is 0 Å². The van der Waals surface area contributed by atoms with Gasteiger partial charge >= 0.3 is 0 Å². The number of amides is 2. The zero-order valence-electron chi connectivity index (χ0n) is 13.6. The summed E-state index contributed by atoms with van der Waals surface area (Å²) in [5, 5.41) is 5.53. The van der Waals surface area contributed by atoms with Crippen molar-refractivity contribution in [3.8, 4) is 0 Å². The van der Waals surface area contributed by atoms with Gasteiger partial charge < -0.3 is 15.4 Å². The average Bonchev–Trinajstić information content (AvgIpc) is 2.52. The van der Waals surface area contributed by atoms with E-state index in [1.54, 1.807) is 21.0 Å². The molecule has 0 saturated heterocycles. The van der Waals surface area contributed by atoms with E-state index in [2.05, 4.69) is 22.8 Å². The maximum atomic E-state index is 12.1. The molecule has 0 unspecified atom stereocenters. The summed E-state index contributed by atoms with van der Waals surface area (Å²) in [7, 11) is 1.57. The Labute approximate surface area is 132 Å². The van der Waals surface area contributed by atoms with Gasteiger partial charge in [0.2, 0.25) is 11.8 Å². The van der Waals surface area contributed by atoms with Crippen LogP contribution < -0.4 is 10.6 Å². The van der Waals surface area contributed by atoms with Crippen molar-refractivity contribution in [1.82, 2.24) is 10.6 Å². The zero-order valence-corrected chi connectivity index (χ0v) is 13.6. The molecule has 2 amide bonds. The molecule has 122 valence electrons. The Balaban J connectivity index is 2.32. The summed E-state index contributed by atoms with van der Waals surface area (Å²) in [6.07, 6.45) is 1.75. The summed E-state index contributed by atoms with van der Waals surface area (Å²) in [4.78, 5) is 24.2. The number of methoxy groups -OCH3 is 1. The molecule has 0 aliphatic rings. The first-order valence-corrected chi connectivity index (χ1v) is 7.58. The summed E-state index contributed by atoms with van der Waals surface area (Å²) >= 11 is 0.